The second-order valence-electron chi connectivity index (χ2n) is 5.66. The number of phenolic OH excluding ortho intramolecular Hbond substituents is 4. The molecule has 27 heavy (non-hydrogen) atoms. The minimum atomic E-state index is -1.17. The van der Waals surface area contributed by atoms with Crippen LogP contribution in [0.25, 0.3) is 6.08 Å². The summed E-state index contributed by atoms with van der Waals surface area (Å²) in [6, 6.07) is 4.87. The van der Waals surface area contributed by atoms with Gasteiger partial charge in [-0.1, -0.05) is 19.4 Å². The smallest absolute Gasteiger partial charge is 0.344 e. The van der Waals surface area contributed by atoms with Gasteiger partial charge in [0.2, 0.25) is 5.75 Å². The van der Waals surface area contributed by atoms with Gasteiger partial charge in [-0.3, -0.25) is 0 Å². The molecule has 0 unspecified atom stereocenters. The molecule has 0 saturated carbocycles. The summed E-state index contributed by atoms with van der Waals surface area (Å²) in [6.07, 6.45) is 2.91. The van der Waals surface area contributed by atoms with E-state index in [1.807, 2.05) is 0 Å². The van der Waals surface area contributed by atoms with Crippen LogP contribution in [0.1, 0.15) is 34.8 Å². The third kappa shape index (κ3) is 4.49. The summed E-state index contributed by atoms with van der Waals surface area (Å²) >= 11 is 0. The maximum atomic E-state index is 12.5. The summed E-state index contributed by atoms with van der Waals surface area (Å²) in [7, 11) is 0. The van der Waals surface area contributed by atoms with Gasteiger partial charge in [-0.05, 0) is 36.3 Å². The maximum absolute atomic E-state index is 12.5. The van der Waals surface area contributed by atoms with Crippen LogP contribution in [0.15, 0.2) is 30.3 Å². The molecule has 2 rings (SSSR count). The Bertz CT molecular complexity index is 914. The Balaban J connectivity index is 2.40. The van der Waals surface area contributed by atoms with Crippen molar-refractivity contribution in [3.8, 4) is 28.7 Å². The fourth-order valence-electron chi connectivity index (χ4n) is 2.41. The van der Waals surface area contributed by atoms with Gasteiger partial charge in [-0.15, -0.1) is 0 Å². The summed E-state index contributed by atoms with van der Waals surface area (Å²) in [4.78, 5) is 23.1. The number of phenols is 4. The predicted molar refractivity (Wildman–Crippen MR) is 95.2 cm³/mol. The number of benzene rings is 2. The van der Waals surface area contributed by atoms with Gasteiger partial charge >= 0.3 is 11.9 Å². The van der Waals surface area contributed by atoms with Crippen LogP contribution < -0.4 is 4.74 Å². The molecule has 0 fully saturated rings. The Kier molecular flexibility index (Phi) is 5.92. The van der Waals surface area contributed by atoms with Gasteiger partial charge in [0.25, 0.3) is 0 Å². The van der Waals surface area contributed by atoms with Crippen LogP contribution in [-0.2, 0) is 11.2 Å². The lowest BCUT2D eigenvalue weighted by molar-refractivity contribution is -0.131. The van der Waals surface area contributed by atoms with Crippen molar-refractivity contribution in [2.75, 3.05) is 0 Å². The number of esters is 1. The van der Waals surface area contributed by atoms with E-state index in [1.165, 1.54) is 24.3 Å². The minimum absolute atomic E-state index is 0.0965. The lowest BCUT2D eigenvalue weighted by atomic mass is 10.0. The molecule has 5 N–H and O–H groups in total. The molecule has 2 aromatic carbocycles. The number of carboxylic acids is 1. The molecular weight excluding hydrogens is 356 g/mol. The summed E-state index contributed by atoms with van der Waals surface area (Å²) in [5.41, 5.74) is 0.290. The van der Waals surface area contributed by atoms with E-state index in [-0.39, 0.29) is 29.0 Å². The number of hydrogen-bond donors (Lipinski definition) is 5. The second-order valence-corrected chi connectivity index (χ2v) is 5.66. The van der Waals surface area contributed by atoms with E-state index >= 15 is 0 Å². The van der Waals surface area contributed by atoms with Gasteiger partial charge in [0.1, 0.15) is 0 Å². The van der Waals surface area contributed by atoms with Crippen molar-refractivity contribution in [1.82, 2.24) is 0 Å². The van der Waals surface area contributed by atoms with Gasteiger partial charge in [0, 0.05) is 11.6 Å². The minimum Gasteiger partial charge on any atom is -0.504 e. The average Bonchev–Trinajstić information content (AvgIpc) is 2.62. The highest BCUT2D eigenvalue weighted by Crippen LogP contribution is 2.40. The van der Waals surface area contributed by atoms with Gasteiger partial charge in [0.15, 0.2) is 23.0 Å². The van der Waals surface area contributed by atoms with E-state index in [4.69, 9.17) is 9.84 Å². The summed E-state index contributed by atoms with van der Waals surface area (Å²) in [5, 5.41) is 47.9. The van der Waals surface area contributed by atoms with Crippen LogP contribution in [0.2, 0.25) is 0 Å². The first-order valence-corrected chi connectivity index (χ1v) is 7.97. The Morgan fingerprint density at radius 1 is 1.04 bits per heavy atom. The van der Waals surface area contributed by atoms with E-state index < -0.39 is 29.2 Å². The first kappa shape index (κ1) is 19.6. The molecule has 0 aliphatic heterocycles. The van der Waals surface area contributed by atoms with Crippen molar-refractivity contribution in [2.24, 2.45) is 0 Å². The highest BCUT2D eigenvalue weighted by atomic mass is 16.5. The van der Waals surface area contributed by atoms with Crippen LogP contribution in [0.5, 0.6) is 28.7 Å². The van der Waals surface area contributed by atoms with Crippen LogP contribution in [0.4, 0.5) is 0 Å². The number of aromatic hydroxyl groups is 4. The second kappa shape index (κ2) is 8.13. The normalized spacial score (nSPS) is 10.9. The zero-order chi connectivity index (χ0) is 20.1. The average molecular weight is 374 g/mol. The molecule has 0 bridgehead atoms. The fourth-order valence-corrected chi connectivity index (χ4v) is 2.41. The molecule has 0 saturated heterocycles. The van der Waals surface area contributed by atoms with Crippen molar-refractivity contribution in [2.45, 2.75) is 19.8 Å². The quantitative estimate of drug-likeness (QED) is 0.225. The zero-order valence-corrected chi connectivity index (χ0v) is 14.3. The Morgan fingerprint density at radius 2 is 1.74 bits per heavy atom. The Labute approximate surface area is 154 Å². The van der Waals surface area contributed by atoms with Crippen LogP contribution in [0, 0.1) is 0 Å². The molecule has 0 amide bonds. The molecule has 0 aliphatic carbocycles. The predicted octanol–water partition coefficient (Wildman–Crippen LogP) is 2.78. The number of ether oxygens (including phenoxy) is 1. The molecule has 0 aromatic heterocycles. The molecule has 142 valence electrons. The van der Waals surface area contributed by atoms with Gasteiger partial charge in [-0.2, -0.15) is 0 Å². The van der Waals surface area contributed by atoms with Crippen molar-refractivity contribution in [3.05, 3.63) is 47.0 Å². The van der Waals surface area contributed by atoms with Crippen LogP contribution in [0.3, 0.4) is 0 Å². The largest absolute Gasteiger partial charge is 0.504 e. The van der Waals surface area contributed by atoms with E-state index in [2.05, 4.69) is 0 Å². The summed E-state index contributed by atoms with van der Waals surface area (Å²) < 4.78 is 5.14. The first-order valence-electron chi connectivity index (χ1n) is 7.97. The van der Waals surface area contributed by atoms with Crippen LogP contribution >= 0.6 is 0 Å². The van der Waals surface area contributed by atoms with Crippen molar-refractivity contribution < 1.29 is 39.9 Å². The number of carbonyl (C=O) groups excluding carboxylic acids is 1. The fraction of sp³-hybridized carbons (Fsp3) is 0.158. The molecule has 0 heterocycles. The number of rotatable bonds is 6. The first-order chi connectivity index (χ1) is 12.7. The topological polar surface area (TPSA) is 145 Å². The van der Waals surface area contributed by atoms with E-state index in [0.717, 1.165) is 12.1 Å². The molecule has 0 radical (unpaired) electrons. The Morgan fingerprint density at radius 3 is 2.37 bits per heavy atom. The van der Waals surface area contributed by atoms with E-state index in [0.29, 0.717) is 12.0 Å². The standard InChI is InChI=1S/C19H18O8/c1-2-3-11-12(9-14(21)18(25)17(11)24)19(26)27-15-8-10(4-6-13(15)20)5-7-16(22)23/h4-9,20-21,24-25H,2-3H2,1H3,(H,22,23)/b7-5+. The third-order valence-corrected chi connectivity index (χ3v) is 3.68. The van der Waals surface area contributed by atoms with Crippen LogP contribution in [-0.4, -0.2) is 37.5 Å². The molecule has 2 aromatic rings. The number of carboxylic acid groups (broad SMARTS) is 1. The molecule has 0 spiro atoms. The number of hydrogen-bond acceptors (Lipinski definition) is 7. The highest BCUT2D eigenvalue weighted by Gasteiger charge is 2.23. The SMILES string of the molecule is CCCc1c(C(=O)Oc2cc(/C=C/C(=O)O)ccc2O)cc(O)c(O)c1O. The monoisotopic (exact) mass is 374 g/mol. The molecule has 0 aliphatic rings. The molecule has 8 nitrogen and oxygen atoms in total. The lowest BCUT2D eigenvalue weighted by Crippen LogP contribution is -2.12. The number of aliphatic carboxylic acids is 1. The zero-order valence-electron chi connectivity index (χ0n) is 14.3. The van der Waals surface area contributed by atoms with Crippen molar-refractivity contribution in [1.29, 1.82) is 0 Å². The Hall–Kier alpha value is -3.68. The number of carbonyl (C=O) groups is 2. The van der Waals surface area contributed by atoms with Crippen molar-refractivity contribution >= 4 is 18.0 Å². The van der Waals surface area contributed by atoms with E-state index in [1.54, 1.807) is 6.92 Å². The van der Waals surface area contributed by atoms with Gasteiger partial charge in [-0.25, -0.2) is 9.59 Å². The molecular formula is C19H18O8. The van der Waals surface area contributed by atoms with Crippen molar-refractivity contribution in [3.63, 3.8) is 0 Å². The van der Waals surface area contributed by atoms with E-state index in [9.17, 15) is 30.0 Å². The highest BCUT2D eigenvalue weighted by molar-refractivity contribution is 5.95. The summed E-state index contributed by atoms with van der Waals surface area (Å²) in [6.45, 7) is 1.79. The van der Waals surface area contributed by atoms with Gasteiger partial charge in [0.05, 0.1) is 5.56 Å². The summed E-state index contributed by atoms with van der Waals surface area (Å²) in [5.74, 6) is -4.78. The third-order valence-electron chi connectivity index (χ3n) is 3.68. The molecule has 0 atom stereocenters. The molecule has 8 heteroatoms. The lowest BCUT2D eigenvalue weighted by Gasteiger charge is -2.13. The van der Waals surface area contributed by atoms with Gasteiger partial charge < -0.3 is 30.3 Å². The maximum Gasteiger partial charge on any atom is 0.344 e.